The third-order valence-electron chi connectivity index (χ3n) is 7.33. The minimum atomic E-state index is -0.851. The summed E-state index contributed by atoms with van der Waals surface area (Å²) in [6.45, 7) is 1.82. The largest absolute Gasteiger partial charge is 0.504 e. The number of phenols is 1. The van der Waals surface area contributed by atoms with Crippen molar-refractivity contribution in [1.29, 1.82) is 0 Å². The first-order chi connectivity index (χ1) is 21.4. The lowest BCUT2D eigenvalue weighted by Gasteiger charge is -2.25. The van der Waals surface area contributed by atoms with Gasteiger partial charge in [0.1, 0.15) is 12.4 Å². The quantitative estimate of drug-likeness (QED) is 0.262. The van der Waals surface area contributed by atoms with E-state index in [1.807, 2.05) is 54.6 Å². The van der Waals surface area contributed by atoms with Crippen LogP contribution in [-0.2, 0) is 4.79 Å². The summed E-state index contributed by atoms with van der Waals surface area (Å²) in [7, 11) is 1.44. The molecule has 0 radical (unpaired) electrons. The first-order valence-electron chi connectivity index (χ1n) is 13.7. The molecule has 9 heteroatoms. The van der Waals surface area contributed by atoms with Crippen LogP contribution in [0.15, 0.2) is 106 Å². The second kappa shape index (κ2) is 12.0. The lowest BCUT2D eigenvalue weighted by Crippen LogP contribution is -2.40. The minimum Gasteiger partial charge on any atom is -0.504 e. The molecule has 6 rings (SSSR count). The lowest BCUT2D eigenvalue weighted by atomic mass is 9.94. The Morgan fingerprint density at radius 3 is 2.64 bits per heavy atom. The van der Waals surface area contributed by atoms with Crippen molar-refractivity contribution < 1.29 is 19.4 Å². The number of anilines is 1. The highest BCUT2D eigenvalue weighted by Gasteiger charge is 2.33. The zero-order valence-electron chi connectivity index (χ0n) is 23.9. The van der Waals surface area contributed by atoms with E-state index in [1.54, 1.807) is 37.3 Å². The van der Waals surface area contributed by atoms with Crippen LogP contribution >= 0.6 is 11.3 Å². The molecule has 1 aliphatic rings. The number of thiazole rings is 1. The van der Waals surface area contributed by atoms with E-state index in [1.165, 1.54) is 29.1 Å². The SMILES string of the molecule is C#CCOc1ccc2ccccc2c1/C=c1\sc2n(c1=O)[C@@H](c1ccc(O)c(OC)c1)C(C(=O)Nc1ccccc1)=C(C)N=2. The first-order valence-corrected chi connectivity index (χ1v) is 14.5. The van der Waals surface area contributed by atoms with Crippen LogP contribution in [-0.4, -0.2) is 29.3 Å². The lowest BCUT2D eigenvalue weighted by molar-refractivity contribution is -0.113. The molecule has 0 aliphatic carbocycles. The van der Waals surface area contributed by atoms with Gasteiger partial charge in [-0.1, -0.05) is 71.9 Å². The van der Waals surface area contributed by atoms with Crippen molar-refractivity contribution in [3.63, 3.8) is 0 Å². The van der Waals surface area contributed by atoms with Gasteiger partial charge in [-0.25, -0.2) is 4.99 Å². The molecule has 0 spiro atoms. The highest BCUT2D eigenvalue weighted by molar-refractivity contribution is 7.07. The summed E-state index contributed by atoms with van der Waals surface area (Å²) in [5.74, 6) is 2.80. The number of hydrogen-bond acceptors (Lipinski definition) is 7. The molecule has 8 nitrogen and oxygen atoms in total. The van der Waals surface area contributed by atoms with E-state index in [2.05, 4.69) is 11.2 Å². The Bertz CT molecular complexity index is 2170. The second-order valence-corrected chi connectivity index (χ2v) is 11.0. The van der Waals surface area contributed by atoms with Crippen molar-refractivity contribution in [1.82, 2.24) is 4.57 Å². The van der Waals surface area contributed by atoms with Gasteiger partial charge in [0, 0.05) is 11.3 Å². The molecule has 0 bridgehead atoms. The van der Waals surface area contributed by atoms with Gasteiger partial charge in [0.25, 0.3) is 11.5 Å². The fraction of sp³-hybridized carbons (Fsp3) is 0.114. The van der Waals surface area contributed by atoms with E-state index < -0.39 is 11.9 Å². The number of carbonyl (C=O) groups is 1. The van der Waals surface area contributed by atoms with Crippen molar-refractivity contribution in [2.45, 2.75) is 13.0 Å². The second-order valence-electron chi connectivity index (χ2n) is 10.0. The van der Waals surface area contributed by atoms with Gasteiger partial charge in [-0.3, -0.25) is 14.2 Å². The van der Waals surface area contributed by atoms with Gasteiger partial charge >= 0.3 is 0 Å². The molecule has 0 saturated heterocycles. The molecule has 44 heavy (non-hydrogen) atoms. The van der Waals surface area contributed by atoms with Gasteiger partial charge < -0.3 is 19.9 Å². The van der Waals surface area contributed by atoms with Crippen LogP contribution < -0.4 is 29.7 Å². The summed E-state index contributed by atoms with van der Waals surface area (Å²) < 4.78 is 13.2. The zero-order chi connectivity index (χ0) is 30.8. The highest BCUT2D eigenvalue weighted by Crippen LogP contribution is 2.36. The number of fused-ring (bicyclic) bond motifs is 2. The maximum absolute atomic E-state index is 14.3. The standard InChI is InChI=1S/C35H27N3O5S/c1-4-18-43-28-17-15-22-10-8-9-13-25(22)26(28)20-30-34(41)38-32(23-14-16-27(39)29(19-23)42-3)31(21(2)36-35(38)44-30)33(40)37-24-11-6-5-7-12-24/h1,5-17,19-20,32,39H,18H2,2-3H3,(H,37,40)/b30-20-/t32-/m0/s1. The number of aromatic hydroxyl groups is 1. The Morgan fingerprint density at radius 2 is 1.86 bits per heavy atom. The molecular weight excluding hydrogens is 574 g/mol. The molecule has 1 aromatic heterocycles. The molecule has 0 unspecified atom stereocenters. The number of carbonyl (C=O) groups excluding carboxylic acids is 1. The number of amides is 1. The summed E-state index contributed by atoms with van der Waals surface area (Å²) in [5, 5.41) is 15.1. The van der Waals surface area contributed by atoms with Crippen molar-refractivity contribution in [2.75, 3.05) is 19.0 Å². The predicted molar refractivity (Wildman–Crippen MR) is 172 cm³/mol. The average Bonchev–Trinajstić information content (AvgIpc) is 3.34. The van der Waals surface area contributed by atoms with E-state index in [0.717, 1.165) is 10.8 Å². The van der Waals surface area contributed by atoms with Gasteiger partial charge in [-0.15, -0.1) is 6.42 Å². The van der Waals surface area contributed by atoms with Crippen LogP contribution in [0, 0.1) is 12.3 Å². The molecule has 0 fully saturated rings. The number of aromatic nitrogens is 1. The first kappa shape index (κ1) is 28.5. The fourth-order valence-corrected chi connectivity index (χ4v) is 6.34. The summed E-state index contributed by atoms with van der Waals surface area (Å²) in [6.07, 6.45) is 7.26. The molecule has 218 valence electrons. The van der Waals surface area contributed by atoms with E-state index in [0.29, 0.717) is 43.2 Å². The van der Waals surface area contributed by atoms with E-state index in [4.69, 9.17) is 20.9 Å². The summed E-state index contributed by atoms with van der Waals surface area (Å²) in [5.41, 5.74) is 2.31. The maximum Gasteiger partial charge on any atom is 0.271 e. The number of terminal acetylenes is 1. The van der Waals surface area contributed by atoms with Gasteiger partial charge in [0.05, 0.1) is 29.0 Å². The van der Waals surface area contributed by atoms with Crippen LogP contribution in [0.5, 0.6) is 17.2 Å². The van der Waals surface area contributed by atoms with Crippen molar-refractivity contribution in [2.24, 2.45) is 4.99 Å². The molecular formula is C35H27N3O5S. The van der Waals surface area contributed by atoms with E-state index >= 15 is 0 Å². The Morgan fingerprint density at radius 1 is 1.09 bits per heavy atom. The van der Waals surface area contributed by atoms with Crippen molar-refractivity contribution >= 4 is 39.8 Å². The molecule has 0 saturated carbocycles. The molecule has 2 N–H and O–H groups in total. The third kappa shape index (κ3) is 5.23. The van der Waals surface area contributed by atoms with Crippen LogP contribution in [0.25, 0.3) is 16.8 Å². The van der Waals surface area contributed by atoms with E-state index in [9.17, 15) is 14.7 Å². The summed E-state index contributed by atoms with van der Waals surface area (Å²) in [6, 6.07) is 24.6. The van der Waals surface area contributed by atoms with Gasteiger partial charge in [-0.2, -0.15) is 0 Å². The molecule has 4 aromatic carbocycles. The molecule has 1 amide bonds. The fourth-order valence-electron chi connectivity index (χ4n) is 5.31. The van der Waals surface area contributed by atoms with Gasteiger partial charge in [0.15, 0.2) is 16.3 Å². The third-order valence-corrected chi connectivity index (χ3v) is 8.32. The maximum atomic E-state index is 14.3. The Kier molecular flexibility index (Phi) is 7.75. The van der Waals surface area contributed by atoms with Crippen LogP contribution in [0.2, 0.25) is 0 Å². The van der Waals surface area contributed by atoms with Crippen LogP contribution in [0.3, 0.4) is 0 Å². The van der Waals surface area contributed by atoms with E-state index in [-0.39, 0.29) is 23.7 Å². The summed E-state index contributed by atoms with van der Waals surface area (Å²) >= 11 is 1.22. The molecule has 5 aromatic rings. The van der Waals surface area contributed by atoms with Crippen LogP contribution in [0.1, 0.15) is 24.1 Å². The number of benzene rings is 4. The van der Waals surface area contributed by atoms with Crippen molar-refractivity contribution in [3.05, 3.63) is 127 Å². The number of ether oxygens (including phenoxy) is 2. The number of phenolic OH excluding ortho intramolecular Hbond substituents is 1. The van der Waals surface area contributed by atoms with Crippen LogP contribution in [0.4, 0.5) is 5.69 Å². The van der Waals surface area contributed by atoms with Gasteiger partial charge in [-0.05, 0) is 59.7 Å². The average molecular weight is 602 g/mol. The Balaban J connectivity index is 1.57. The number of methoxy groups -OCH3 is 1. The number of allylic oxidation sites excluding steroid dienone is 1. The normalized spacial score (nSPS) is 14.5. The monoisotopic (exact) mass is 601 g/mol. The molecule has 1 atom stereocenters. The number of nitrogens with zero attached hydrogens (tertiary/aromatic N) is 2. The smallest absolute Gasteiger partial charge is 0.271 e. The number of hydrogen-bond donors (Lipinski definition) is 2. The zero-order valence-corrected chi connectivity index (χ0v) is 24.7. The van der Waals surface area contributed by atoms with Gasteiger partial charge in [0.2, 0.25) is 0 Å². The topological polar surface area (TPSA) is 102 Å². The number of para-hydroxylation sites is 1. The number of nitrogens with one attached hydrogen (secondary N) is 1. The van der Waals surface area contributed by atoms with Crippen molar-refractivity contribution in [3.8, 4) is 29.6 Å². The predicted octanol–water partition coefficient (Wildman–Crippen LogP) is 4.75. The Labute approximate surface area is 256 Å². The highest BCUT2D eigenvalue weighted by atomic mass is 32.1. The molecule has 1 aliphatic heterocycles. The number of rotatable bonds is 7. The minimum absolute atomic E-state index is 0.0601. The molecule has 2 heterocycles. The Hall–Kier alpha value is -5.59. The summed E-state index contributed by atoms with van der Waals surface area (Å²) in [4.78, 5) is 33.3.